The van der Waals surface area contributed by atoms with Crippen molar-refractivity contribution in [1.82, 2.24) is 0 Å². The summed E-state index contributed by atoms with van der Waals surface area (Å²) in [5, 5.41) is 0. The summed E-state index contributed by atoms with van der Waals surface area (Å²) in [6, 6.07) is 7.83. The second-order valence-electron chi connectivity index (χ2n) is 9.24. The number of unbranched alkanes of at least 4 members (excludes halogenated alkanes) is 8. The molecule has 3 unspecified atom stereocenters. The molecule has 1 amide bonds. The van der Waals surface area contributed by atoms with E-state index in [9.17, 15) is 4.79 Å². The van der Waals surface area contributed by atoms with Crippen LogP contribution in [0.15, 0.2) is 24.3 Å². The van der Waals surface area contributed by atoms with Gasteiger partial charge in [0.05, 0.1) is 19.3 Å². The maximum absolute atomic E-state index is 11.8. The summed E-state index contributed by atoms with van der Waals surface area (Å²) in [6.45, 7) is 8.25. The lowest BCUT2D eigenvalue weighted by Crippen LogP contribution is -2.46. The number of rotatable bonds is 18. The van der Waals surface area contributed by atoms with Crippen LogP contribution in [0, 0.1) is 0 Å². The maximum Gasteiger partial charge on any atom is 0.239 e. The van der Waals surface area contributed by atoms with E-state index in [0.29, 0.717) is 13.2 Å². The van der Waals surface area contributed by atoms with Crippen LogP contribution < -0.4 is 10.6 Å². The summed E-state index contributed by atoms with van der Waals surface area (Å²) in [6.07, 6.45) is 14.5. The van der Waals surface area contributed by atoms with E-state index >= 15 is 0 Å². The molecule has 1 aromatic carbocycles. The lowest BCUT2D eigenvalue weighted by atomic mass is 10.0. The molecule has 1 aliphatic heterocycles. The predicted molar refractivity (Wildman–Crippen MR) is 133 cm³/mol. The van der Waals surface area contributed by atoms with Crippen LogP contribution in [0.5, 0.6) is 0 Å². The smallest absolute Gasteiger partial charge is 0.239 e. The van der Waals surface area contributed by atoms with Gasteiger partial charge in [0, 0.05) is 17.8 Å². The summed E-state index contributed by atoms with van der Waals surface area (Å²) in [4.78, 5) is 13.9. The van der Waals surface area contributed by atoms with E-state index in [1.807, 2.05) is 19.1 Å². The summed E-state index contributed by atoms with van der Waals surface area (Å²) in [5.74, 6) is -0.303. The number of nitrogens with two attached hydrogens (primary N) is 1. The first-order valence-electron chi connectivity index (χ1n) is 13.0. The zero-order chi connectivity index (χ0) is 23.2. The summed E-state index contributed by atoms with van der Waals surface area (Å²) in [7, 11) is 0. The van der Waals surface area contributed by atoms with E-state index in [1.165, 1.54) is 57.8 Å². The molecule has 0 bridgehead atoms. The summed E-state index contributed by atoms with van der Waals surface area (Å²) in [5.41, 5.74) is 7.74. The van der Waals surface area contributed by atoms with Crippen molar-refractivity contribution in [1.29, 1.82) is 0 Å². The third-order valence-corrected chi connectivity index (χ3v) is 6.58. The first kappa shape index (κ1) is 26.7. The van der Waals surface area contributed by atoms with Crippen molar-refractivity contribution in [2.75, 3.05) is 18.1 Å². The number of carbonyl (C=O) groups is 1. The van der Waals surface area contributed by atoms with Crippen molar-refractivity contribution in [2.45, 2.75) is 116 Å². The lowest BCUT2D eigenvalue weighted by molar-refractivity contribution is -0.194. The quantitative estimate of drug-likeness (QED) is 0.282. The van der Waals surface area contributed by atoms with E-state index < -0.39 is 0 Å². The molecule has 2 rings (SSSR count). The molecule has 0 aromatic heterocycles. The van der Waals surface area contributed by atoms with Crippen molar-refractivity contribution >= 4 is 11.6 Å². The van der Waals surface area contributed by atoms with E-state index in [4.69, 9.17) is 15.2 Å². The molecule has 1 aromatic rings. The molecule has 3 atom stereocenters. The van der Waals surface area contributed by atoms with Gasteiger partial charge >= 0.3 is 0 Å². The van der Waals surface area contributed by atoms with E-state index in [2.05, 4.69) is 30.9 Å². The van der Waals surface area contributed by atoms with Gasteiger partial charge in [-0.15, -0.1) is 0 Å². The topological polar surface area (TPSA) is 64.8 Å². The second kappa shape index (κ2) is 15.3. The van der Waals surface area contributed by atoms with Crippen molar-refractivity contribution in [3.63, 3.8) is 0 Å². The molecule has 1 aliphatic rings. The number of anilines is 1. The van der Waals surface area contributed by atoms with Gasteiger partial charge in [-0.3, -0.25) is 4.79 Å². The molecule has 5 nitrogen and oxygen atoms in total. The number of nitrogens with zero attached hydrogens (tertiary/aromatic N) is 1. The monoisotopic (exact) mass is 446 g/mol. The van der Waals surface area contributed by atoms with Gasteiger partial charge < -0.3 is 20.1 Å². The van der Waals surface area contributed by atoms with E-state index in [1.54, 1.807) is 0 Å². The summed E-state index contributed by atoms with van der Waals surface area (Å²) < 4.78 is 12.0. The Labute approximate surface area is 196 Å². The van der Waals surface area contributed by atoms with Gasteiger partial charge in [0.2, 0.25) is 5.91 Å². The van der Waals surface area contributed by atoms with Gasteiger partial charge in [-0.1, -0.05) is 89.8 Å². The van der Waals surface area contributed by atoms with Gasteiger partial charge in [-0.05, 0) is 25.8 Å². The molecule has 1 heterocycles. The Hall–Kier alpha value is -1.59. The molecule has 1 saturated heterocycles. The van der Waals surface area contributed by atoms with Crippen LogP contribution >= 0.6 is 0 Å². The SMILES string of the molecule is CCCCCCCCCCCC1OCC1OCc1ccccc1N(CCC)C(C)C(N)=O. The van der Waals surface area contributed by atoms with Crippen LogP contribution in [0.25, 0.3) is 0 Å². The standard InChI is InChI=1S/C27H46N2O3/c1-4-6-7-8-9-10-11-12-13-18-25-26(21-32-25)31-20-23-16-14-15-17-24(23)29(19-5-2)22(3)27(28)30/h14-17,22,25-26H,4-13,18-21H2,1-3H3,(H2,28,30). The molecular formula is C27H46N2O3. The van der Waals surface area contributed by atoms with Gasteiger partial charge in [0.1, 0.15) is 12.1 Å². The zero-order valence-electron chi connectivity index (χ0n) is 20.7. The first-order chi connectivity index (χ1) is 15.6. The van der Waals surface area contributed by atoms with Crippen LogP contribution in [0.3, 0.4) is 0 Å². The van der Waals surface area contributed by atoms with Crippen LogP contribution in [-0.2, 0) is 20.9 Å². The number of para-hydroxylation sites is 1. The molecule has 0 radical (unpaired) electrons. The maximum atomic E-state index is 11.8. The van der Waals surface area contributed by atoms with Crippen molar-refractivity contribution in [2.24, 2.45) is 5.73 Å². The molecular weight excluding hydrogens is 400 g/mol. The van der Waals surface area contributed by atoms with Crippen LogP contribution in [-0.4, -0.2) is 37.3 Å². The molecule has 32 heavy (non-hydrogen) atoms. The summed E-state index contributed by atoms with van der Waals surface area (Å²) >= 11 is 0. The number of amides is 1. The van der Waals surface area contributed by atoms with E-state index in [0.717, 1.165) is 30.6 Å². The Balaban J connectivity index is 1.74. The Morgan fingerprint density at radius 2 is 1.72 bits per heavy atom. The largest absolute Gasteiger partial charge is 0.373 e. The highest BCUT2D eigenvalue weighted by molar-refractivity contribution is 5.83. The molecule has 1 fully saturated rings. The van der Waals surface area contributed by atoms with Crippen LogP contribution in [0.4, 0.5) is 5.69 Å². The van der Waals surface area contributed by atoms with E-state index in [-0.39, 0.29) is 24.2 Å². The second-order valence-corrected chi connectivity index (χ2v) is 9.24. The molecule has 5 heteroatoms. The van der Waals surface area contributed by atoms with Crippen LogP contribution in [0.2, 0.25) is 0 Å². The number of primary amides is 1. The number of benzene rings is 1. The number of ether oxygens (including phenoxy) is 2. The Bertz CT molecular complexity index is 652. The number of carbonyl (C=O) groups excluding carboxylic acids is 1. The van der Waals surface area contributed by atoms with Gasteiger partial charge in [0.15, 0.2) is 0 Å². The molecule has 2 N–H and O–H groups in total. The third kappa shape index (κ3) is 8.74. The fraction of sp³-hybridized carbons (Fsp3) is 0.741. The Morgan fingerprint density at radius 3 is 2.31 bits per heavy atom. The average molecular weight is 447 g/mol. The minimum Gasteiger partial charge on any atom is -0.373 e. The highest BCUT2D eigenvalue weighted by Crippen LogP contribution is 2.27. The minimum absolute atomic E-state index is 0.172. The Kier molecular flexibility index (Phi) is 12.7. The fourth-order valence-corrected chi connectivity index (χ4v) is 4.42. The normalized spacial score (nSPS) is 18.8. The first-order valence-corrected chi connectivity index (χ1v) is 13.0. The third-order valence-electron chi connectivity index (χ3n) is 6.58. The fourth-order valence-electron chi connectivity index (χ4n) is 4.42. The average Bonchev–Trinajstić information content (AvgIpc) is 2.78. The minimum atomic E-state index is -0.345. The van der Waals surface area contributed by atoms with Crippen molar-refractivity contribution in [3.8, 4) is 0 Å². The molecule has 182 valence electrons. The lowest BCUT2D eigenvalue weighted by Gasteiger charge is -2.37. The van der Waals surface area contributed by atoms with Gasteiger partial charge in [0.25, 0.3) is 0 Å². The van der Waals surface area contributed by atoms with Gasteiger partial charge in [-0.2, -0.15) is 0 Å². The van der Waals surface area contributed by atoms with Gasteiger partial charge in [-0.25, -0.2) is 0 Å². The number of hydrogen-bond acceptors (Lipinski definition) is 4. The van der Waals surface area contributed by atoms with Crippen molar-refractivity contribution in [3.05, 3.63) is 29.8 Å². The molecule has 0 aliphatic carbocycles. The van der Waals surface area contributed by atoms with Crippen LogP contribution in [0.1, 0.15) is 97.0 Å². The highest BCUT2D eigenvalue weighted by atomic mass is 16.6. The Morgan fingerprint density at radius 1 is 1.06 bits per heavy atom. The molecule has 0 spiro atoms. The predicted octanol–water partition coefficient (Wildman–Crippen LogP) is 5.98. The zero-order valence-corrected chi connectivity index (χ0v) is 20.7. The molecule has 0 saturated carbocycles. The van der Waals surface area contributed by atoms with Crippen molar-refractivity contribution < 1.29 is 14.3 Å². The number of hydrogen-bond donors (Lipinski definition) is 1. The highest BCUT2D eigenvalue weighted by Gasteiger charge is 2.32.